The Hall–Kier alpha value is -2.02. The first-order valence-corrected chi connectivity index (χ1v) is 10.1. The van der Waals surface area contributed by atoms with Crippen LogP contribution in [0.4, 0.5) is 10.2 Å². The molecule has 0 bridgehead atoms. The van der Waals surface area contributed by atoms with Crippen molar-refractivity contribution in [3.05, 3.63) is 41.3 Å². The maximum absolute atomic E-state index is 13.2. The van der Waals surface area contributed by atoms with Gasteiger partial charge >= 0.3 is 0 Å². The van der Waals surface area contributed by atoms with Gasteiger partial charge in [-0.25, -0.2) is 9.07 Å². The average molecular weight is 361 g/mol. The number of anilines is 1. The van der Waals surface area contributed by atoms with Gasteiger partial charge in [-0.2, -0.15) is 5.10 Å². The third kappa shape index (κ3) is 3.25. The molecule has 25 heavy (non-hydrogen) atoms. The smallest absolute Gasteiger partial charge is 0.228 e. The van der Waals surface area contributed by atoms with Crippen molar-refractivity contribution in [1.82, 2.24) is 9.78 Å². The molecule has 7 heteroatoms. The summed E-state index contributed by atoms with van der Waals surface area (Å²) in [6.07, 6.45) is 5.16. The summed E-state index contributed by atoms with van der Waals surface area (Å²) in [7, 11) is -0.973. The van der Waals surface area contributed by atoms with Gasteiger partial charge in [-0.1, -0.05) is 19.3 Å². The SMILES string of the molecule is O=C(Nc1c2c(nn1-c1ccc(F)cc1)C[S@@](=O)C2)C1CCCCC1. The van der Waals surface area contributed by atoms with Crippen LogP contribution >= 0.6 is 0 Å². The Morgan fingerprint density at radius 2 is 1.88 bits per heavy atom. The number of amides is 1. The number of hydrogen-bond donors (Lipinski definition) is 1. The fraction of sp³-hybridized carbons (Fsp3) is 0.444. The van der Waals surface area contributed by atoms with Crippen molar-refractivity contribution in [2.75, 3.05) is 5.32 Å². The van der Waals surface area contributed by atoms with Crippen LogP contribution in [-0.4, -0.2) is 19.9 Å². The molecule has 1 aromatic heterocycles. The van der Waals surface area contributed by atoms with Gasteiger partial charge in [0.05, 0.1) is 22.9 Å². The molecule has 2 aliphatic rings. The number of aromatic nitrogens is 2. The normalized spacial score (nSPS) is 20.4. The summed E-state index contributed by atoms with van der Waals surface area (Å²) in [5, 5.41) is 7.55. The Labute approximate surface area is 148 Å². The standard InChI is InChI=1S/C18H20FN3O2S/c19-13-6-8-14(9-7-13)22-17(15-10-25(24)11-16(15)21-22)20-18(23)12-4-2-1-3-5-12/h6-9,12H,1-5,10-11H2,(H,20,23)/t25-/m0/s1. The molecule has 0 unspecified atom stereocenters. The van der Waals surface area contributed by atoms with Crippen molar-refractivity contribution in [3.8, 4) is 5.69 Å². The number of rotatable bonds is 3. The fourth-order valence-electron chi connectivity index (χ4n) is 3.61. The van der Waals surface area contributed by atoms with Crippen LogP contribution in [0.15, 0.2) is 24.3 Å². The minimum atomic E-state index is -0.973. The van der Waals surface area contributed by atoms with Crippen molar-refractivity contribution >= 4 is 22.5 Å². The van der Waals surface area contributed by atoms with Crippen LogP contribution in [0.1, 0.15) is 43.4 Å². The highest BCUT2D eigenvalue weighted by Crippen LogP contribution is 2.33. The third-order valence-corrected chi connectivity index (χ3v) is 6.16. The summed E-state index contributed by atoms with van der Waals surface area (Å²) in [4.78, 5) is 12.7. The summed E-state index contributed by atoms with van der Waals surface area (Å²) in [6.45, 7) is 0. The Kier molecular flexibility index (Phi) is 4.41. The topological polar surface area (TPSA) is 64.0 Å². The summed E-state index contributed by atoms with van der Waals surface area (Å²) in [6, 6.07) is 6.00. The number of nitrogens with one attached hydrogen (secondary N) is 1. The van der Waals surface area contributed by atoms with Crippen molar-refractivity contribution in [3.63, 3.8) is 0 Å². The molecule has 0 spiro atoms. The van der Waals surface area contributed by atoms with E-state index in [-0.39, 0.29) is 17.6 Å². The highest BCUT2D eigenvalue weighted by atomic mass is 32.2. The van der Waals surface area contributed by atoms with Gasteiger partial charge in [-0.15, -0.1) is 0 Å². The molecule has 5 nitrogen and oxygen atoms in total. The number of fused-ring (bicyclic) bond motifs is 1. The molecule has 0 saturated heterocycles. The zero-order chi connectivity index (χ0) is 17.4. The van der Waals surface area contributed by atoms with Crippen LogP contribution in [0.3, 0.4) is 0 Å². The van der Waals surface area contributed by atoms with Gasteiger partial charge in [-0.3, -0.25) is 9.00 Å². The Balaban J connectivity index is 1.68. The average Bonchev–Trinajstić information content (AvgIpc) is 3.13. The van der Waals surface area contributed by atoms with E-state index in [1.165, 1.54) is 18.6 Å². The number of carbonyl (C=O) groups excluding carboxylic acids is 1. The molecule has 1 atom stereocenters. The van der Waals surface area contributed by atoms with Crippen LogP contribution in [0.25, 0.3) is 5.69 Å². The molecule has 1 saturated carbocycles. The first-order valence-electron chi connectivity index (χ1n) is 8.64. The molecular weight excluding hydrogens is 341 g/mol. The quantitative estimate of drug-likeness (QED) is 0.912. The lowest BCUT2D eigenvalue weighted by Gasteiger charge is -2.21. The van der Waals surface area contributed by atoms with E-state index < -0.39 is 10.8 Å². The second kappa shape index (κ2) is 6.71. The van der Waals surface area contributed by atoms with Crippen LogP contribution in [-0.2, 0) is 27.1 Å². The van der Waals surface area contributed by atoms with Gasteiger partial charge in [0.1, 0.15) is 11.6 Å². The molecule has 1 amide bonds. The van der Waals surface area contributed by atoms with E-state index >= 15 is 0 Å². The van der Waals surface area contributed by atoms with E-state index in [1.54, 1.807) is 16.8 Å². The molecule has 132 valence electrons. The molecule has 0 radical (unpaired) electrons. The number of nitrogens with zero attached hydrogens (tertiary/aromatic N) is 2. The summed E-state index contributed by atoms with van der Waals surface area (Å²) < 4.78 is 26.8. The largest absolute Gasteiger partial charge is 0.310 e. The molecule has 2 heterocycles. The second-order valence-electron chi connectivity index (χ2n) is 6.71. The fourth-order valence-corrected chi connectivity index (χ4v) is 4.87. The van der Waals surface area contributed by atoms with Gasteiger partial charge in [0.25, 0.3) is 0 Å². The van der Waals surface area contributed by atoms with Crippen LogP contribution in [0.5, 0.6) is 0 Å². The monoisotopic (exact) mass is 361 g/mol. The van der Waals surface area contributed by atoms with Gasteiger partial charge in [0, 0.05) is 22.3 Å². The zero-order valence-corrected chi connectivity index (χ0v) is 14.7. The molecule has 1 aliphatic heterocycles. The Bertz CT molecular complexity index is 826. The Morgan fingerprint density at radius 3 is 2.60 bits per heavy atom. The molecule has 2 aromatic rings. The maximum Gasteiger partial charge on any atom is 0.228 e. The van der Waals surface area contributed by atoms with Crippen molar-refractivity contribution in [2.24, 2.45) is 5.92 Å². The summed E-state index contributed by atoms with van der Waals surface area (Å²) in [5.74, 6) is 1.09. The number of carbonyl (C=O) groups is 1. The lowest BCUT2D eigenvalue weighted by atomic mass is 9.88. The first kappa shape index (κ1) is 16.4. The second-order valence-corrected chi connectivity index (χ2v) is 8.17. The molecular formula is C18H20FN3O2S. The van der Waals surface area contributed by atoms with E-state index in [0.717, 1.165) is 36.9 Å². The van der Waals surface area contributed by atoms with Gasteiger partial charge in [0.15, 0.2) is 0 Å². The predicted octanol–water partition coefficient (Wildman–Crippen LogP) is 3.29. The number of hydrogen-bond acceptors (Lipinski definition) is 3. The minimum Gasteiger partial charge on any atom is -0.310 e. The number of benzene rings is 1. The van der Waals surface area contributed by atoms with Crippen LogP contribution in [0, 0.1) is 11.7 Å². The summed E-state index contributed by atoms with van der Waals surface area (Å²) >= 11 is 0. The highest BCUT2D eigenvalue weighted by molar-refractivity contribution is 7.83. The van der Waals surface area contributed by atoms with E-state index in [4.69, 9.17) is 0 Å². The first-order chi connectivity index (χ1) is 12.1. The molecule has 1 N–H and O–H groups in total. The zero-order valence-electron chi connectivity index (χ0n) is 13.8. The summed E-state index contributed by atoms with van der Waals surface area (Å²) in [5.41, 5.74) is 2.27. The van der Waals surface area contributed by atoms with E-state index in [2.05, 4.69) is 10.4 Å². The molecule has 1 aliphatic carbocycles. The predicted molar refractivity (Wildman–Crippen MR) is 94.3 cm³/mol. The van der Waals surface area contributed by atoms with Gasteiger partial charge < -0.3 is 5.32 Å². The van der Waals surface area contributed by atoms with Gasteiger partial charge in [-0.05, 0) is 37.1 Å². The van der Waals surface area contributed by atoms with E-state index in [0.29, 0.717) is 23.0 Å². The third-order valence-electron chi connectivity index (χ3n) is 4.96. The van der Waals surface area contributed by atoms with Crippen molar-refractivity contribution in [1.29, 1.82) is 0 Å². The molecule has 1 fully saturated rings. The van der Waals surface area contributed by atoms with Crippen LogP contribution in [0.2, 0.25) is 0 Å². The van der Waals surface area contributed by atoms with E-state index in [9.17, 15) is 13.4 Å². The highest BCUT2D eigenvalue weighted by Gasteiger charge is 2.30. The lowest BCUT2D eigenvalue weighted by Crippen LogP contribution is -2.26. The molecule has 4 rings (SSSR count). The Morgan fingerprint density at radius 1 is 1.16 bits per heavy atom. The minimum absolute atomic E-state index is 0.00319. The van der Waals surface area contributed by atoms with E-state index in [1.807, 2.05) is 0 Å². The van der Waals surface area contributed by atoms with Crippen LogP contribution < -0.4 is 5.32 Å². The van der Waals surface area contributed by atoms with Crippen molar-refractivity contribution in [2.45, 2.75) is 43.6 Å². The number of halogens is 1. The lowest BCUT2D eigenvalue weighted by molar-refractivity contribution is -0.120. The molecule has 1 aromatic carbocycles. The van der Waals surface area contributed by atoms with Crippen molar-refractivity contribution < 1.29 is 13.4 Å². The maximum atomic E-state index is 13.2. The van der Waals surface area contributed by atoms with Gasteiger partial charge in [0.2, 0.25) is 5.91 Å².